The molecule has 0 aliphatic heterocycles. The molecule has 4 nitrogen and oxygen atoms in total. The highest BCUT2D eigenvalue weighted by atomic mass is 19.4. The molecule has 0 radical (unpaired) electrons. The molecule has 0 heterocycles. The van der Waals surface area contributed by atoms with Crippen LogP contribution in [-0.2, 0) is 9.53 Å². The van der Waals surface area contributed by atoms with Gasteiger partial charge in [0.25, 0.3) is 0 Å². The van der Waals surface area contributed by atoms with Gasteiger partial charge in [-0.15, -0.1) is 0 Å². The van der Waals surface area contributed by atoms with Crippen LogP contribution in [0.3, 0.4) is 0 Å². The summed E-state index contributed by atoms with van der Waals surface area (Å²) in [5.41, 5.74) is 0. The molecule has 0 atom stereocenters. The highest BCUT2D eigenvalue weighted by Crippen LogP contribution is 2.13. The maximum Gasteiger partial charge on any atom is 0.411 e. The number of hydrogen-bond donors (Lipinski definition) is 2. The van der Waals surface area contributed by atoms with Gasteiger partial charge in [0.2, 0.25) is 5.91 Å². The lowest BCUT2D eigenvalue weighted by molar-refractivity contribution is -0.173. The highest BCUT2D eigenvalue weighted by molar-refractivity contribution is 5.76. The molecule has 0 spiro atoms. The fourth-order valence-corrected chi connectivity index (χ4v) is 1.07. The molecule has 0 fully saturated rings. The molecule has 0 saturated carbocycles. The van der Waals surface area contributed by atoms with Gasteiger partial charge >= 0.3 is 6.18 Å². The van der Waals surface area contributed by atoms with E-state index in [1.165, 1.54) is 0 Å². The van der Waals surface area contributed by atoms with Crippen LogP contribution in [0.1, 0.15) is 20.3 Å². The van der Waals surface area contributed by atoms with Crippen LogP contribution in [0.25, 0.3) is 0 Å². The summed E-state index contributed by atoms with van der Waals surface area (Å²) >= 11 is 0. The number of carbonyl (C=O) groups excluding carboxylic acids is 1. The summed E-state index contributed by atoms with van der Waals surface area (Å²) in [7, 11) is 0. The second kappa shape index (κ2) is 9.16. The van der Waals surface area contributed by atoms with E-state index in [2.05, 4.69) is 15.4 Å². The standard InChI is InChI=1S/C11H21F3N2O2/c1-9(2)7-16-10(17)3-4-15-5-6-18-8-11(12,13)14/h9,15H,3-8H2,1-2H3,(H,16,17). The number of amides is 1. The van der Waals surface area contributed by atoms with Gasteiger partial charge in [-0.05, 0) is 5.92 Å². The van der Waals surface area contributed by atoms with Crippen molar-refractivity contribution in [3.05, 3.63) is 0 Å². The SMILES string of the molecule is CC(C)CNC(=O)CCNCCOCC(F)(F)F. The summed E-state index contributed by atoms with van der Waals surface area (Å²) in [5, 5.41) is 5.58. The van der Waals surface area contributed by atoms with Gasteiger partial charge in [-0.25, -0.2) is 0 Å². The van der Waals surface area contributed by atoms with Crippen molar-refractivity contribution in [1.29, 1.82) is 0 Å². The minimum Gasteiger partial charge on any atom is -0.371 e. The predicted octanol–water partition coefficient (Wildman–Crippen LogP) is 1.32. The molecule has 0 rings (SSSR count). The Hall–Kier alpha value is -0.820. The molecular formula is C11H21F3N2O2. The van der Waals surface area contributed by atoms with Crippen molar-refractivity contribution in [3.63, 3.8) is 0 Å². The number of nitrogens with one attached hydrogen (secondary N) is 2. The number of ether oxygens (including phenoxy) is 1. The molecule has 1 amide bonds. The van der Waals surface area contributed by atoms with E-state index in [-0.39, 0.29) is 12.5 Å². The molecule has 2 N–H and O–H groups in total. The monoisotopic (exact) mass is 270 g/mol. The summed E-state index contributed by atoms with van der Waals surface area (Å²) in [6.07, 6.45) is -3.97. The first kappa shape index (κ1) is 17.2. The summed E-state index contributed by atoms with van der Waals surface area (Å²) < 4.78 is 39.5. The highest BCUT2D eigenvalue weighted by Gasteiger charge is 2.27. The van der Waals surface area contributed by atoms with Crippen molar-refractivity contribution < 1.29 is 22.7 Å². The molecule has 0 aromatic carbocycles. The zero-order chi connectivity index (χ0) is 14.0. The third-order valence-electron chi connectivity index (χ3n) is 1.93. The summed E-state index contributed by atoms with van der Waals surface area (Å²) in [5.74, 6) is 0.338. The maximum absolute atomic E-state index is 11.7. The largest absolute Gasteiger partial charge is 0.411 e. The molecule has 0 unspecified atom stereocenters. The Balaban J connectivity index is 3.28. The number of rotatable bonds is 9. The van der Waals surface area contributed by atoms with Gasteiger partial charge in [0.15, 0.2) is 0 Å². The van der Waals surface area contributed by atoms with Crippen LogP contribution in [0.2, 0.25) is 0 Å². The average Bonchev–Trinajstić information content (AvgIpc) is 2.23. The number of hydrogen-bond acceptors (Lipinski definition) is 3. The van der Waals surface area contributed by atoms with E-state index in [9.17, 15) is 18.0 Å². The second-order valence-electron chi connectivity index (χ2n) is 4.37. The van der Waals surface area contributed by atoms with Crippen LogP contribution in [-0.4, -0.2) is 44.9 Å². The maximum atomic E-state index is 11.7. The van der Waals surface area contributed by atoms with E-state index in [4.69, 9.17) is 0 Å². The lowest BCUT2D eigenvalue weighted by Crippen LogP contribution is -2.31. The van der Waals surface area contributed by atoms with Crippen LogP contribution in [0, 0.1) is 5.92 Å². The lowest BCUT2D eigenvalue weighted by atomic mass is 10.2. The van der Waals surface area contributed by atoms with Crippen molar-refractivity contribution >= 4 is 5.91 Å². The van der Waals surface area contributed by atoms with Crippen molar-refractivity contribution in [2.45, 2.75) is 26.4 Å². The molecule has 0 saturated heterocycles. The summed E-state index contributed by atoms with van der Waals surface area (Å²) in [6, 6.07) is 0. The Morgan fingerprint density at radius 1 is 1.28 bits per heavy atom. The Kier molecular flexibility index (Phi) is 8.74. The van der Waals surface area contributed by atoms with Crippen molar-refractivity contribution in [1.82, 2.24) is 10.6 Å². The van der Waals surface area contributed by atoms with E-state index >= 15 is 0 Å². The molecule has 108 valence electrons. The molecule has 0 aromatic rings. The third-order valence-corrected chi connectivity index (χ3v) is 1.93. The first-order chi connectivity index (χ1) is 8.31. The van der Waals surface area contributed by atoms with Crippen LogP contribution >= 0.6 is 0 Å². The summed E-state index contributed by atoms with van der Waals surface area (Å²) in [6.45, 7) is 4.10. The van der Waals surface area contributed by atoms with E-state index in [0.29, 0.717) is 32.0 Å². The van der Waals surface area contributed by atoms with Crippen LogP contribution in [0.5, 0.6) is 0 Å². The van der Waals surface area contributed by atoms with E-state index in [1.807, 2.05) is 13.8 Å². The van der Waals surface area contributed by atoms with Gasteiger partial charge in [0.05, 0.1) is 6.61 Å². The number of halogens is 3. The normalized spacial score (nSPS) is 11.9. The predicted molar refractivity (Wildman–Crippen MR) is 62.2 cm³/mol. The first-order valence-corrected chi connectivity index (χ1v) is 5.93. The van der Waals surface area contributed by atoms with Crippen LogP contribution < -0.4 is 10.6 Å². The zero-order valence-electron chi connectivity index (χ0n) is 10.8. The van der Waals surface area contributed by atoms with Crippen LogP contribution in [0.15, 0.2) is 0 Å². The molecule has 18 heavy (non-hydrogen) atoms. The van der Waals surface area contributed by atoms with Gasteiger partial charge in [0, 0.05) is 26.1 Å². The zero-order valence-corrected chi connectivity index (χ0v) is 10.8. The summed E-state index contributed by atoms with van der Waals surface area (Å²) in [4.78, 5) is 11.2. The molecule has 7 heteroatoms. The van der Waals surface area contributed by atoms with Gasteiger partial charge in [-0.2, -0.15) is 13.2 Å². The molecular weight excluding hydrogens is 249 g/mol. The second-order valence-corrected chi connectivity index (χ2v) is 4.37. The van der Waals surface area contributed by atoms with Gasteiger partial charge < -0.3 is 15.4 Å². The Labute approximate surface area is 105 Å². The van der Waals surface area contributed by atoms with Gasteiger partial charge in [-0.1, -0.05) is 13.8 Å². The fraction of sp³-hybridized carbons (Fsp3) is 0.909. The number of alkyl halides is 3. The Morgan fingerprint density at radius 3 is 2.50 bits per heavy atom. The first-order valence-electron chi connectivity index (χ1n) is 5.93. The minimum absolute atomic E-state index is 0.0207. The molecule has 0 bridgehead atoms. The van der Waals surface area contributed by atoms with Crippen molar-refractivity contribution in [2.75, 3.05) is 32.8 Å². The average molecular weight is 270 g/mol. The topological polar surface area (TPSA) is 50.4 Å². The Bertz CT molecular complexity index is 233. The smallest absolute Gasteiger partial charge is 0.371 e. The van der Waals surface area contributed by atoms with Crippen molar-refractivity contribution in [2.24, 2.45) is 5.92 Å². The fourth-order valence-electron chi connectivity index (χ4n) is 1.07. The molecule has 0 aliphatic carbocycles. The van der Waals surface area contributed by atoms with E-state index in [1.54, 1.807) is 0 Å². The lowest BCUT2D eigenvalue weighted by Gasteiger charge is -2.09. The van der Waals surface area contributed by atoms with E-state index < -0.39 is 12.8 Å². The molecule has 0 aromatic heterocycles. The molecule has 0 aliphatic rings. The van der Waals surface area contributed by atoms with E-state index in [0.717, 1.165) is 0 Å². The third kappa shape index (κ3) is 13.2. The Morgan fingerprint density at radius 2 is 1.94 bits per heavy atom. The van der Waals surface area contributed by atoms with Gasteiger partial charge in [0.1, 0.15) is 6.61 Å². The van der Waals surface area contributed by atoms with Crippen LogP contribution in [0.4, 0.5) is 13.2 Å². The quantitative estimate of drug-likeness (QED) is 0.621. The van der Waals surface area contributed by atoms with Crippen molar-refractivity contribution in [3.8, 4) is 0 Å². The number of carbonyl (C=O) groups is 1. The van der Waals surface area contributed by atoms with Gasteiger partial charge in [-0.3, -0.25) is 4.79 Å². The minimum atomic E-state index is -4.28.